The van der Waals surface area contributed by atoms with E-state index < -0.39 is 29.4 Å². The molecule has 2 aromatic rings. The van der Waals surface area contributed by atoms with Crippen LogP contribution < -0.4 is 0 Å². The van der Waals surface area contributed by atoms with Gasteiger partial charge < -0.3 is 24.4 Å². The van der Waals surface area contributed by atoms with E-state index in [1.807, 2.05) is 12.1 Å². The highest BCUT2D eigenvalue weighted by molar-refractivity contribution is 9.09. The van der Waals surface area contributed by atoms with Gasteiger partial charge in [-0.3, -0.25) is 0 Å². The van der Waals surface area contributed by atoms with Gasteiger partial charge in [-0.25, -0.2) is 14.0 Å². The summed E-state index contributed by atoms with van der Waals surface area (Å²) in [6.45, 7) is -0.383. The molecule has 160 valence electrons. The van der Waals surface area contributed by atoms with Gasteiger partial charge in [-0.05, 0) is 11.1 Å². The smallest absolute Gasteiger partial charge is 0.433 e. The molecule has 0 aliphatic rings. The monoisotopic (exact) mass is 481 g/mol. The number of hydrogen-bond acceptors (Lipinski definition) is 7. The average Bonchev–Trinajstić information content (AvgIpc) is 2.79. The van der Waals surface area contributed by atoms with Crippen LogP contribution >= 0.6 is 15.9 Å². The number of hydrogen-bond donors (Lipinski definition) is 1. The Labute approximate surface area is 181 Å². The van der Waals surface area contributed by atoms with Crippen LogP contribution in [0.2, 0.25) is 0 Å². The van der Waals surface area contributed by atoms with E-state index in [0.717, 1.165) is 11.1 Å². The lowest BCUT2D eigenvalue weighted by molar-refractivity contribution is -0.00779. The summed E-state index contributed by atoms with van der Waals surface area (Å²) in [6, 6.07) is 17.9. The Morgan fingerprint density at radius 2 is 1.40 bits per heavy atom. The van der Waals surface area contributed by atoms with Crippen LogP contribution in [0.3, 0.4) is 0 Å². The van der Waals surface area contributed by atoms with Gasteiger partial charge in [-0.1, -0.05) is 76.6 Å². The zero-order chi connectivity index (χ0) is 21.8. The molecule has 0 unspecified atom stereocenters. The second-order valence-corrected chi connectivity index (χ2v) is 7.25. The first-order chi connectivity index (χ1) is 14.5. The number of ether oxygens (including phenoxy) is 4. The quantitative estimate of drug-likeness (QED) is 0.297. The molecule has 30 heavy (non-hydrogen) atoms. The number of carbonyl (C=O) groups excluding carboxylic acids is 2. The maximum absolute atomic E-state index is 14.1. The van der Waals surface area contributed by atoms with E-state index in [2.05, 4.69) is 15.9 Å². The largest absolute Gasteiger partial charge is 0.509 e. The minimum atomic E-state index is -1.93. The molecular weight excluding hydrogens is 461 g/mol. The molecule has 2 aromatic carbocycles. The molecule has 0 fully saturated rings. The fraction of sp³-hybridized carbons (Fsp3) is 0.286. The number of rotatable bonds is 10. The molecule has 9 heteroatoms. The zero-order valence-corrected chi connectivity index (χ0v) is 17.5. The van der Waals surface area contributed by atoms with Crippen LogP contribution in [0.5, 0.6) is 0 Å². The van der Waals surface area contributed by atoms with Crippen LogP contribution in [0.1, 0.15) is 11.1 Å². The third kappa shape index (κ3) is 8.20. The van der Waals surface area contributed by atoms with Crippen molar-refractivity contribution in [3.8, 4) is 0 Å². The van der Waals surface area contributed by atoms with Gasteiger partial charge in [0.05, 0.1) is 4.83 Å². The maximum Gasteiger partial charge on any atom is 0.509 e. The van der Waals surface area contributed by atoms with Crippen LogP contribution in [0.4, 0.5) is 14.0 Å². The van der Waals surface area contributed by atoms with Gasteiger partial charge in [0, 0.05) is 6.21 Å². The van der Waals surface area contributed by atoms with Crippen LogP contribution in [0.25, 0.3) is 0 Å². The van der Waals surface area contributed by atoms with E-state index >= 15 is 0 Å². The van der Waals surface area contributed by atoms with Gasteiger partial charge in [0.2, 0.25) is 0 Å². The average molecular weight is 482 g/mol. The van der Waals surface area contributed by atoms with Gasteiger partial charge in [-0.15, -0.1) is 0 Å². The fourth-order valence-electron chi connectivity index (χ4n) is 2.30. The molecule has 1 N–H and O–H groups in total. The Morgan fingerprint density at radius 1 is 0.900 bits per heavy atom. The van der Waals surface area contributed by atoms with Crippen LogP contribution in [-0.2, 0) is 32.2 Å². The lowest BCUT2D eigenvalue weighted by Gasteiger charge is -2.23. The molecule has 0 saturated heterocycles. The normalized spacial score (nSPS) is 13.4. The Balaban J connectivity index is 1.80. The summed E-state index contributed by atoms with van der Waals surface area (Å²) in [5, 5.41) is 7.11. The SMILES string of the molecule is N=C[C@@H](F)[C@H](OC(=O)OCc1ccccc1)[C@@H](Br)COC(=O)OCc1ccccc1. The van der Waals surface area contributed by atoms with E-state index in [1.54, 1.807) is 48.5 Å². The standard InChI is InChI=1S/C21H21BrFNO6/c22-17(14-29-20(25)27-12-15-7-3-1-4-8-15)19(18(23)11-24)30-21(26)28-13-16-9-5-2-6-10-16/h1-11,17-19,24H,12-14H2/t17-,18+,19+/m0/s1. The third-order valence-corrected chi connectivity index (χ3v) is 4.61. The van der Waals surface area contributed by atoms with Crippen molar-refractivity contribution in [1.29, 1.82) is 5.41 Å². The minimum Gasteiger partial charge on any atom is -0.433 e. The van der Waals surface area contributed by atoms with Gasteiger partial charge >= 0.3 is 12.3 Å². The fourth-order valence-corrected chi connectivity index (χ4v) is 2.83. The van der Waals surface area contributed by atoms with Gasteiger partial charge in [0.25, 0.3) is 0 Å². The van der Waals surface area contributed by atoms with Crippen molar-refractivity contribution in [3.63, 3.8) is 0 Å². The topological polar surface area (TPSA) is 94.9 Å². The molecule has 3 atom stereocenters. The number of benzene rings is 2. The van der Waals surface area contributed by atoms with Gasteiger partial charge in [0.1, 0.15) is 19.8 Å². The summed E-state index contributed by atoms with van der Waals surface area (Å²) in [5.74, 6) is 0. The van der Waals surface area contributed by atoms with Crippen molar-refractivity contribution < 1.29 is 32.9 Å². The molecule has 0 amide bonds. The number of carbonyl (C=O) groups is 2. The van der Waals surface area contributed by atoms with E-state index in [4.69, 9.17) is 24.4 Å². The van der Waals surface area contributed by atoms with Crippen molar-refractivity contribution in [2.75, 3.05) is 6.61 Å². The lowest BCUT2D eigenvalue weighted by atomic mass is 10.2. The highest BCUT2D eigenvalue weighted by atomic mass is 79.9. The molecule has 0 heterocycles. The summed E-state index contributed by atoms with van der Waals surface area (Å²) in [4.78, 5) is 22.7. The number of alkyl halides is 2. The highest BCUT2D eigenvalue weighted by Crippen LogP contribution is 2.18. The number of nitrogens with one attached hydrogen (secondary N) is 1. The molecule has 0 saturated carbocycles. The summed E-state index contributed by atoms with van der Waals surface area (Å²) in [7, 11) is 0. The summed E-state index contributed by atoms with van der Waals surface area (Å²) >= 11 is 3.13. The van der Waals surface area contributed by atoms with E-state index in [9.17, 15) is 14.0 Å². The van der Waals surface area contributed by atoms with Crippen LogP contribution in [-0.4, -0.2) is 42.2 Å². The minimum absolute atomic E-state index is 0.0185. The molecule has 0 spiro atoms. The second kappa shape index (κ2) is 12.6. The third-order valence-electron chi connectivity index (χ3n) is 3.82. The van der Waals surface area contributed by atoms with E-state index in [-0.39, 0.29) is 19.8 Å². The predicted octanol–water partition coefficient (Wildman–Crippen LogP) is 4.81. The summed E-state index contributed by atoms with van der Waals surface area (Å²) in [6.07, 6.45) is -4.95. The second-order valence-electron chi connectivity index (χ2n) is 6.07. The van der Waals surface area contributed by atoms with E-state index in [1.165, 1.54) is 0 Å². The Kier molecular flexibility index (Phi) is 9.79. The number of halogens is 2. The van der Waals surface area contributed by atoms with Gasteiger partial charge in [-0.2, -0.15) is 0 Å². The zero-order valence-electron chi connectivity index (χ0n) is 15.9. The molecule has 0 aliphatic heterocycles. The molecule has 2 rings (SSSR count). The molecule has 0 aliphatic carbocycles. The van der Waals surface area contributed by atoms with Crippen LogP contribution in [0, 0.1) is 5.41 Å². The first-order valence-corrected chi connectivity index (χ1v) is 9.90. The summed E-state index contributed by atoms with van der Waals surface area (Å²) in [5.41, 5.74) is 1.51. The van der Waals surface area contributed by atoms with Crippen molar-refractivity contribution >= 4 is 34.5 Å². The predicted molar refractivity (Wildman–Crippen MR) is 110 cm³/mol. The Morgan fingerprint density at radius 3 is 1.90 bits per heavy atom. The highest BCUT2D eigenvalue weighted by Gasteiger charge is 2.32. The molecule has 7 nitrogen and oxygen atoms in total. The maximum atomic E-state index is 14.1. The summed E-state index contributed by atoms with van der Waals surface area (Å²) < 4.78 is 33.9. The van der Waals surface area contributed by atoms with Gasteiger partial charge in [0.15, 0.2) is 12.3 Å². The van der Waals surface area contributed by atoms with Crippen molar-refractivity contribution in [3.05, 3.63) is 71.8 Å². The van der Waals surface area contributed by atoms with Crippen molar-refractivity contribution in [2.24, 2.45) is 0 Å². The van der Waals surface area contributed by atoms with Crippen molar-refractivity contribution in [1.82, 2.24) is 0 Å². The molecule has 0 bridgehead atoms. The Hall–Kier alpha value is -2.94. The first-order valence-electron chi connectivity index (χ1n) is 8.99. The molecule has 0 aromatic heterocycles. The van der Waals surface area contributed by atoms with Crippen molar-refractivity contribution in [2.45, 2.75) is 30.3 Å². The van der Waals surface area contributed by atoms with E-state index in [0.29, 0.717) is 6.21 Å². The Bertz CT molecular complexity index is 808. The van der Waals surface area contributed by atoms with Crippen LogP contribution in [0.15, 0.2) is 60.7 Å². The lowest BCUT2D eigenvalue weighted by Crippen LogP contribution is -2.39. The molecular formula is C21H21BrFNO6. The first kappa shape index (κ1) is 23.3. The molecule has 0 radical (unpaired) electrons.